The molecule has 12 heavy (non-hydrogen) atoms. The summed E-state index contributed by atoms with van der Waals surface area (Å²) >= 11 is 0. The van der Waals surface area contributed by atoms with Gasteiger partial charge in [0.05, 0.1) is 6.10 Å². The summed E-state index contributed by atoms with van der Waals surface area (Å²) in [5.41, 5.74) is 5.81. The van der Waals surface area contributed by atoms with Gasteiger partial charge in [0.25, 0.3) is 0 Å². The van der Waals surface area contributed by atoms with Crippen molar-refractivity contribution in [3.63, 3.8) is 0 Å². The van der Waals surface area contributed by atoms with E-state index in [-0.39, 0.29) is 12.1 Å². The minimum absolute atomic E-state index is 0.201. The maximum absolute atomic E-state index is 5.81. The molecule has 0 saturated carbocycles. The largest absolute Gasteiger partial charge is 0.377 e. The molecule has 0 spiro atoms. The molecule has 0 aromatic rings. The predicted molar refractivity (Wildman–Crippen MR) is 53.2 cm³/mol. The van der Waals surface area contributed by atoms with E-state index in [0.29, 0.717) is 0 Å². The fraction of sp³-hybridized carbons (Fsp3) is 1.00. The molecule has 2 nitrogen and oxygen atoms in total. The molecule has 0 aliphatic heterocycles. The molecule has 0 radical (unpaired) electrons. The molecule has 0 aliphatic carbocycles. The SMILES string of the molecule is CCCCCOC(C)C(N)CC. The van der Waals surface area contributed by atoms with Crippen LogP contribution in [-0.2, 0) is 4.74 Å². The highest BCUT2D eigenvalue weighted by Crippen LogP contribution is 2.02. The van der Waals surface area contributed by atoms with Gasteiger partial charge in [0, 0.05) is 12.6 Å². The normalized spacial score (nSPS) is 16.0. The van der Waals surface area contributed by atoms with Crippen LogP contribution in [0.1, 0.15) is 46.5 Å². The smallest absolute Gasteiger partial charge is 0.0697 e. The average Bonchev–Trinajstić information content (AvgIpc) is 2.10. The first-order chi connectivity index (χ1) is 5.72. The maximum atomic E-state index is 5.81. The molecule has 0 saturated heterocycles. The summed E-state index contributed by atoms with van der Waals surface area (Å²) in [6.07, 6.45) is 4.88. The number of unbranched alkanes of at least 4 members (excludes halogenated alkanes) is 2. The van der Waals surface area contributed by atoms with E-state index in [1.54, 1.807) is 0 Å². The van der Waals surface area contributed by atoms with Crippen LogP contribution < -0.4 is 5.73 Å². The van der Waals surface area contributed by atoms with E-state index in [9.17, 15) is 0 Å². The van der Waals surface area contributed by atoms with E-state index in [1.165, 1.54) is 12.8 Å². The zero-order valence-corrected chi connectivity index (χ0v) is 8.68. The lowest BCUT2D eigenvalue weighted by molar-refractivity contribution is 0.0451. The first-order valence-electron chi connectivity index (χ1n) is 5.09. The van der Waals surface area contributed by atoms with Gasteiger partial charge in [-0.3, -0.25) is 0 Å². The molecule has 0 heterocycles. The Hall–Kier alpha value is -0.0800. The summed E-state index contributed by atoms with van der Waals surface area (Å²) in [5, 5.41) is 0. The molecule has 2 N–H and O–H groups in total. The first kappa shape index (κ1) is 11.9. The molecule has 0 amide bonds. The van der Waals surface area contributed by atoms with Gasteiger partial charge in [0.1, 0.15) is 0 Å². The molecule has 2 atom stereocenters. The van der Waals surface area contributed by atoms with Crippen molar-refractivity contribution in [1.29, 1.82) is 0 Å². The quantitative estimate of drug-likeness (QED) is 0.600. The van der Waals surface area contributed by atoms with E-state index in [0.717, 1.165) is 19.4 Å². The van der Waals surface area contributed by atoms with Crippen molar-refractivity contribution in [2.45, 2.75) is 58.6 Å². The summed E-state index contributed by atoms with van der Waals surface area (Å²) in [7, 11) is 0. The standard InChI is InChI=1S/C10H23NO/c1-4-6-7-8-12-9(3)10(11)5-2/h9-10H,4-8,11H2,1-3H3. The minimum Gasteiger partial charge on any atom is -0.377 e. The molecule has 0 aliphatic rings. The van der Waals surface area contributed by atoms with Crippen molar-refractivity contribution >= 4 is 0 Å². The van der Waals surface area contributed by atoms with Crippen LogP contribution in [0.25, 0.3) is 0 Å². The molecule has 0 rings (SSSR count). The van der Waals surface area contributed by atoms with E-state index < -0.39 is 0 Å². The number of hydrogen-bond donors (Lipinski definition) is 1. The molecule has 2 unspecified atom stereocenters. The Morgan fingerprint density at radius 2 is 1.92 bits per heavy atom. The van der Waals surface area contributed by atoms with Gasteiger partial charge in [-0.2, -0.15) is 0 Å². The second-order valence-electron chi connectivity index (χ2n) is 3.36. The Morgan fingerprint density at radius 3 is 2.42 bits per heavy atom. The Labute approximate surface area is 76.5 Å². The topological polar surface area (TPSA) is 35.2 Å². The highest BCUT2D eigenvalue weighted by molar-refractivity contribution is 4.66. The van der Waals surface area contributed by atoms with Crippen LogP contribution in [0.15, 0.2) is 0 Å². The summed E-state index contributed by atoms with van der Waals surface area (Å²) in [6.45, 7) is 7.21. The zero-order valence-electron chi connectivity index (χ0n) is 8.68. The third kappa shape index (κ3) is 5.56. The summed E-state index contributed by atoms with van der Waals surface area (Å²) in [4.78, 5) is 0. The Bertz CT molecular complexity index is 95.8. The van der Waals surface area contributed by atoms with Crippen molar-refractivity contribution in [1.82, 2.24) is 0 Å². The molecule has 0 aromatic carbocycles. The Kier molecular flexibility index (Phi) is 7.51. The van der Waals surface area contributed by atoms with Crippen LogP contribution in [-0.4, -0.2) is 18.8 Å². The molecule has 0 fully saturated rings. The number of rotatable bonds is 7. The van der Waals surface area contributed by atoms with Crippen molar-refractivity contribution in [2.24, 2.45) is 5.73 Å². The lowest BCUT2D eigenvalue weighted by atomic mass is 10.1. The van der Waals surface area contributed by atoms with Gasteiger partial charge in [-0.15, -0.1) is 0 Å². The molecule has 74 valence electrons. The highest BCUT2D eigenvalue weighted by atomic mass is 16.5. The van der Waals surface area contributed by atoms with Gasteiger partial charge in [-0.1, -0.05) is 26.7 Å². The molecular formula is C10H23NO. The first-order valence-corrected chi connectivity index (χ1v) is 5.09. The van der Waals surface area contributed by atoms with Crippen molar-refractivity contribution in [2.75, 3.05) is 6.61 Å². The molecular weight excluding hydrogens is 150 g/mol. The maximum Gasteiger partial charge on any atom is 0.0697 e. The number of ether oxygens (including phenoxy) is 1. The van der Waals surface area contributed by atoms with Crippen LogP contribution in [0.2, 0.25) is 0 Å². The average molecular weight is 173 g/mol. The number of nitrogens with two attached hydrogens (primary N) is 1. The van der Waals surface area contributed by atoms with Crippen LogP contribution in [0.4, 0.5) is 0 Å². The Morgan fingerprint density at radius 1 is 1.25 bits per heavy atom. The van der Waals surface area contributed by atoms with Crippen molar-refractivity contribution in [3.8, 4) is 0 Å². The lowest BCUT2D eigenvalue weighted by Gasteiger charge is -2.18. The monoisotopic (exact) mass is 173 g/mol. The summed E-state index contributed by atoms with van der Waals surface area (Å²) in [6, 6.07) is 0.201. The fourth-order valence-electron chi connectivity index (χ4n) is 1.08. The summed E-state index contributed by atoms with van der Waals surface area (Å²) in [5.74, 6) is 0. The van der Waals surface area contributed by atoms with Crippen LogP contribution >= 0.6 is 0 Å². The number of hydrogen-bond acceptors (Lipinski definition) is 2. The molecule has 0 aromatic heterocycles. The van der Waals surface area contributed by atoms with Crippen LogP contribution in [0, 0.1) is 0 Å². The van der Waals surface area contributed by atoms with Crippen LogP contribution in [0.5, 0.6) is 0 Å². The van der Waals surface area contributed by atoms with Crippen molar-refractivity contribution in [3.05, 3.63) is 0 Å². The van der Waals surface area contributed by atoms with Crippen LogP contribution in [0.3, 0.4) is 0 Å². The van der Waals surface area contributed by atoms with E-state index >= 15 is 0 Å². The zero-order chi connectivity index (χ0) is 9.40. The highest BCUT2D eigenvalue weighted by Gasteiger charge is 2.09. The van der Waals surface area contributed by atoms with E-state index in [1.807, 2.05) is 0 Å². The second-order valence-corrected chi connectivity index (χ2v) is 3.36. The second kappa shape index (κ2) is 7.56. The van der Waals surface area contributed by atoms with Gasteiger partial charge in [0.2, 0.25) is 0 Å². The van der Waals surface area contributed by atoms with Gasteiger partial charge in [-0.25, -0.2) is 0 Å². The minimum atomic E-state index is 0.201. The third-order valence-corrected chi connectivity index (χ3v) is 2.20. The Balaban J connectivity index is 3.24. The fourth-order valence-corrected chi connectivity index (χ4v) is 1.08. The lowest BCUT2D eigenvalue weighted by Crippen LogP contribution is -2.34. The molecule has 0 bridgehead atoms. The third-order valence-electron chi connectivity index (χ3n) is 2.20. The van der Waals surface area contributed by atoms with E-state index in [4.69, 9.17) is 10.5 Å². The predicted octanol–water partition coefficient (Wildman–Crippen LogP) is 2.32. The van der Waals surface area contributed by atoms with Crippen molar-refractivity contribution < 1.29 is 4.74 Å². The van der Waals surface area contributed by atoms with Gasteiger partial charge in [-0.05, 0) is 19.8 Å². The van der Waals surface area contributed by atoms with E-state index in [2.05, 4.69) is 20.8 Å². The van der Waals surface area contributed by atoms with Gasteiger partial charge in [0.15, 0.2) is 0 Å². The van der Waals surface area contributed by atoms with Gasteiger partial charge >= 0.3 is 0 Å². The summed E-state index contributed by atoms with van der Waals surface area (Å²) < 4.78 is 5.57. The molecule has 2 heteroatoms. The van der Waals surface area contributed by atoms with Gasteiger partial charge < -0.3 is 10.5 Å².